The molecule has 3 rings (SSSR count). The number of aldehydes is 1. The van der Waals surface area contributed by atoms with Crippen LogP contribution in [0.4, 0.5) is 11.4 Å². The maximum atomic E-state index is 13.5. The highest BCUT2D eigenvalue weighted by molar-refractivity contribution is 6.33. The third-order valence-electron chi connectivity index (χ3n) is 7.75. The van der Waals surface area contributed by atoms with Crippen molar-refractivity contribution in [1.29, 1.82) is 0 Å². The zero-order valence-corrected chi connectivity index (χ0v) is 25.6. The van der Waals surface area contributed by atoms with Gasteiger partial charge in [-0.1, -0.05) is 72.7 Å². The number of nitrogen functional groups attached to an aromatic ring is 2. The van der Waals surface area contributed by atoms with Crippen molar-refractivity contribution in [2.75, 3.05) is 31.7 Å². The summed E-state index contributed by atoms with van der Waals surface area (Å²) in [6.07, 6.45) is 0.986. The van der Waals surface area contributed by atoms with Gasteiger partial charge < -0.3 is 21.1 Å². The quantitative estimate of drug-likeness (QED) is 0.215. The molecule has 0 bridgehead atoms. The number of fused-ring (bicyclic) bond motifs is 2. The maximum Gasteiger partial charge on any atom is 0.312 e. The number of carbonyl (C=O) groups excluding carboxylic acids is 5. The summed E-state index contributed by atoms with van der Waals surface area (Å²) in [4.78, 5) is 66.4. The molecule has 4 N–H and O–H groups in total. The Labute approximate surface area is 242 Å². The van der Waals surface area contributed by atoms with Crippen molar-refractivity contribution >= 4 is 41.1 Å². The highest BCUT2D eigenvalue weighted by Gasteiger charge is 2.46. The predicted octanol–water partition coefficient (Wildman–Crippen LogP) is 5.18. The average molecular weight is 566 g/mol. The van der Waals surface area contributed by atoms with Crippen LogP contribution in [0.25, 0.3) is 0 Å². The number of ketones is 2. The summed E-state index contributed by atoms with van der Waals surface area (Å²) < 4.78 is 5.61. The molecule has 0 heterocycles. The lowest BCUT2D eigenvalue weighted by molar-refractivity contribution is -0.163. The molecule has 0 spiro atoms. The van der Waals surface area contributed by atoms with Gasteiger partial charge >= 0.3 is 5.97 Å². The van der Waals surface area contributed by atoms with E-state index >= 15 is 0 Å². The summed E-state index contributed by atoms with van der Waals surface area (Å²) in [5.74, 6) is -1.89. The Morgan fingerprint density at radius 1 is 0.951 bits per heavy atom. The van der Waals surface area contributed by atoms with Gasteiger partial charge in [0.15, 0.2) is 17.9 Å². The average Bonchev–Trinajstić information content (AvgIpc) is 2.91. The van der Waals surface area contributed by atoms with Gasteiger partial charge in [-0.05, 0) is 24.7 Å². The molecule has 2 aromatic rings. The standard InChI is InChI=1S/C30H37N3O6.C2H6/c1-16(2)14-30(6,29(3,4)5)28(38)39-13-12-33(7)27(37)20-19(15-34)23(31)21-22(24(20)32)26(36)18-11-9-8-10-17(18)25(21)35;1-2/h8-11,15-16H,12-14,31-32H2,1-7H3;1-2H3. The zero-order valence-electron chi connectivity index (χ0n) is 25.6. The van der Waals surface area contributed by atoms with E-state index in [0.29, 0.717) is 12.7 Å². The second-order valence-electron chi connectivity index (χ2n) is 11.7. The van der Waals surface area contributed by atoms with E-state index < -0.39 is 22.9 Å². The van der Waals surface area contributed by atoms with Gasteiger partial charge in [-0.15, -0.1) is 0 Å². The van der Waals surface area contributed by atoms with E-state index in [1.54, 1.807) is 12.1 Å². The first-order valence-electron chi connectivity index (χ1n) is 13.9. The summed E-state index contributed by atoms with van der Waals surface area (Å²) in [6, 6.07) is 6.21. The number of nitrogens with zero attached hydrogens (tertiary/aromatic N) is 1. The number of nitrogens with two attached hydrogens (primary N) is 2. The predicted molar refractivity (Wildman–Crippen MR) is 160 cm³/mol. The molecule has 0 saturated carbocycles. The largest absolute Gasteiger partial charge is 0.463 e. The number of esters is 1. The molecule has 0 radical (unpaired) electrons. The van der Waals surface area contributed by atoms with Gasteiger partial charge in [0.05, 0.1) is 45.6 Å². The van der Waals surface area contributed by atoms with Crippen molar-refractivity contribution in [2.45, 2.75) is 61.8 Å². The van der Waals surface area contributed by atoms with Crippen molar-refractivity contribution in [3.05, 3.63) is 57.6 Å². The van der Waals surface area contributed by atoms with Crippen LogP contribution in [0.1, 0.15) is 114 Å². The Hall–Kier alpha value is -4.01. The van der Waals surface area contributed by atoms with Crippen LogP contribution >= 0.6 is 0 Å². The molecule has 1 amide bonds. The Morgan fingerprint density at radius 3 is 1.88 bits per heavy atom. The van der Waals surface area contributed by atoms with Gasteiger partial charge in [0, 0.05) is 18.2 Å². The van der Waals surface area contributed by atoms with Crippen LogP contribution in [0.3, 0.4) is 0 Å². The summed E-state index contributed by atoms with van der Waals surface area (Å²) in [7, 11) is 1.46. The first-order chi connectivity index (χ1) is 19.1. The van der Waals surface area contributed by atoms with E-state index in [1.807, 2.05) is 55.4 Å². The molecule has 1 atom stereocenters. The highest BCUT2D eigenvalue weighted by Crippen LogP contribution is 2.44. The molecule has 0 saturated heterocycles. The first kappa shape index (κ1) is 33.2. The molecule has 0 fully saturated rings. The van der Waals surface area contributed by atoms with Gasteiger partial charge in [-0.3, -0.25) is 24.0 Å². The highest BCUT2D eigenvalue weighted by atomic mass is 16.5. The van der Waals surface area contributed by atoms with Crippen molar-refractivity contribution < 1.29 is 28.7 Å². The summed E-state index contributed by atoms with van der Waals surface area (Å²) in [5, 5.41) is 0. The van der Waals surface area contributed by atoms with Crippen molar-refractivity contribution in [2.24, 2.45) is 16.7 Å². The Bertz CT molecular complexity index is 1370. The van der Waals surface area contributed by atoms with Crippen molar-refractivity contribution in [3.8, 4) is 0 Å². The minimum absolute atomic E-state index is 0.00306. The number of likely N-dealkylation sites (N-methyl/N-ethyl adjacent to an activating group) is 1. The fourth-order valence-electron chi connectivity index (χ4n) is 5.02. The van der Waals surface area contributed by atoms with Crippen LogP contribution in [0.15, 0.2) is 24.3 Å². The fraction of sp³-hybridized carbons (Fsp3) is 0.469. The second-order valence-corrected chi connectivity index (χ2v) is 11.7. The van der Waals surface area contributed by atoms with E-state index in [4.69, 9.17) is 16.2 Å². The van der Waals surface area contributed by atoms with Crippen LogP contribution in [-0.2, 0) is 9.53 Å². The van der Waals surface area contributed by atoms with Gasteiger partial charge in [-0.2, -0.15) is 0 Å². The molecular weight excluding hydrogens is 522 g/mol. The molecule has 9 heteroatoms. The molecule has 222 valence electrons. The summed E-state index contributed by atoms with van der Waals surface area (Å²) >= 11 is 0. The van der Waals surface area contributed by atoms with Crippen LogP contribution < -0.4 is 11.5 Å². The first-order valence-corrected chi connectivity index (χ1v) is 13.9. The number of ether oxygens (including phenoxy) is 1. The minimum atomic E-state index is -0.741. The van der Waals surface area contributed by atoms with Gasteiger partial charge in [0.25, 0.3) is 5.91 Å². The number of carbonyl (C=O) groups is 5. The molecule has 1 aliphatic rings. The third kappa shape index (κ3) is 6.04. The van der Waals surface area contributed by atoms with Crippen LogP contribution in [-0.4, -0.2) is 54.8 Å². The SMILES string of the molecule is CC.CC(C)CC(C)(C(=O)OCCN(C)C(=O)c1c(N)c2c(c(N)c1C=O)C(=O)c1ccccc1C2=O)C(C)(C)C. The Morgan fingerprint density at radius 2 is 1.44 bits per heavy atom. The maximum absolute atomic E-state index is 13.5. The lowest BCUT2D eigenvalue weighted by atomic mass is 9.64. The molecule has 9 nitrogen and oxygen atoms in total. The summed E-state index contributed by atoms with van der Waals surface area (Å²) in [6.45, 7) is 15.8. The smallest absolute Gasteiger partial charge is 0.312 e. The second kappa shape index (κ2) is 12.7. The number of rotatable bonds is 8. The van der Waals surface area contributed by atoms with E-state index in [9.17, 15) is 24.0 Å². The zero-order chi connectivity index (χ0) is 31.4. The van der Waals surface area contributed by atoms with E-state index in [1.165, 1.54) is 24.1 Å². The molecule has 1 unspecified atom stereocenters. The van der Waals surface area contributed by atoms with Crippen molar-refractivity contribution in [3.63, 3.8) is 0 Å². The topological polar surface area (TPSA) is 150 Å². The minimum Gasteiger partial charge on any atom is -0.463 e. The van der Waals surface area contributed by atoms with Crippen LogP contribution in [0.5, 0.6) is 0 Å². The number of hydrogen-bond acceptors (Lipinski definition) is 8. The fourth-order valence-corrected chi connectivity index (χ4v) is 5.02. The number of hydrogen-bond donors (Lipinski definition) is 2. The van der Waals surface area contributed by atoms with Crippen LogP contribution in [0, 0.1) is 16.7 Å². The lowest BCUT2D eigenvalue weighted by Gasteiger charge is -2.40. The molecule has 41 heavy (non-hydrogen) atoms. The van der Waals surface area contributed by atoms with Gasteiger partial charge in [0.2, 0.25) is 0 Å². The number of anilines is 2. The van der Waals surface area contributed by atoms with Crippen LogP contribution in [0.2, 0.25) is 0 Å². The normalized spacial score (nSPS) is 13.8. The van der Waals surface area contributed by atoms with E-state index in [0.717, 1.165) is 0 Å². The Balaban J connectivity index is 0.00000287. The molecule has 0 aromatic heterocycles. The molecule has 1 aliphatic carbocycles. The molecule has 0 aliphatic heterocycles. The van der Waals surface area contributed by atoms with E-state index in [2.05, 4.69) is 0 Å². The number of amides is 1. The Kier molecular flexibility index (Phi) is 10.3. The van der Waals surface area contributed by atoms with Gasteiger partial charge in [-0.25, -0.2) is 0 Å². The van der Waals surface area contributed by atoms with Gasteiger partial charge in [0.1, 0.15) is 6.61 Å². The third-order valence-corrected chi connectivity index (χ3v) is 7.75. The monoisotopic (exact) mass is 565 g/mol. The molecule has 2 aromatic carbocycles. The summed E-state index contributed by atoms with van der Waals surface area (Å²) in [5.41, 5.74) is 10.2. The van der Waals surface area contributed by atoms with Crippen molar-refractivity contribution in [1.82, 2.24) is 4.90 Å². The lowest BCUT2D eigenvalue weighted by Crippen LogP contribution is -2.43. The number of benzene rings is 2. The molecular formula is C32H43N3O6. The van der Waals surface area contributed by atoms with E-state index in [-0.39, 0.29) is 75.2 Å².